The Bertz CT molecular complexity index is 1570. The molecule has 0 unspecified atom stereocenters. The average Bonchev–Trinajstić information content (AvgIpc) is 3.25. The number of anilines is 3. The first-order chi connectivity index (χ1) is 18.7. The van der Waals surface area contributed by atoms with E-state index in [1.165, 1.54) is 11.1 Å². The molecule has 2 amide bonds. The fourth-order valence-corrected chi connectivity index (χ4v) is 4.67. The van der Waals surface area contributed by atoms with Gasteiger partial charge in [0.2, 0.25) is 5.43 Å². The minimum absolute atomic E-state index is 0.0758. The van der Waals surface area contributed by atoms with E-state index < -0.39 is 17.7 Å². The number of rotatable bonds is 6. The number of nitrogens with one attached hydrogen (secondary N) is 2. The molecule has 2 fully saturated rings. The fourth-order valence-electron chi connectivity index (χ4n) is 4.67. The summed E-state index contributed by atoms with van der Waals surface area (Å²) in [5, 5.41) is 15.1. The van der Waals surface area contributed by atoms with Crippen molar-refractivity contribution >= 4 is 46.6 Å². The van der Waals surface area contributed by atoms with E-state index in [-0.39, 0.29) is 41.6 Å². The summed E-state index contributed by atoms with van der Waals surface area (Å²) in [5.74, 6) is 1.16. The van der Waals surface area contributed by atoms with E-state index in [9.17, 15) is 19.2 Å². The highest BCUT2D eigenvalue weighted by Gasteiger charge is 2.35. The van der Waals surface area contributed by atoms with Crippen molar-refractivity contribution in [2.24, 2.45) is 7.05 Å². The number of pyridine rings is 3. The van der Waals surface area contributed by atoms with Crippen molar-refractivity contribution in [2.75, 3.05) is 47.9 Å². The standard InChI is InChI=1S/C24H23N7O8/c1-29-10-16(39-24(35)36)20(33)14-2-4-17(27-22(14)29)30-7-12(8-30)25-6-13-9-31(23(34)38-13)18-5-3-15-21(26-18)28-19(32)11-37-15/h2-5,10,12-13,25H,6-9,11H2,1H3,(H,35,36)(H,26,28,32)/t13-/m1/s1. The van der Waals surface area contributed by atoms with Gasteiger partial charge < -0.3 is 39.4 Å². The number of hydrogen-bond donors (Lipinski definition) is 3. The summed E-state index contributed by atoms with van der Waals surface area (Å²) < 4.78 is 16.9. The van der Waals surface area contributed by atoms with Crippen LogP contribution in [0.4, 0.5) is 27.0 Å². The highest BCUT2D eigenvalue weighted by molar-refractivity contribution is 5.95. The maximum atomic E-state index is 12.5. The van der Waals surface area contributed by atoms with E-state index in [1.807, 2.05) is 4.90 Å². The molecule has 0 aromatic carbocycles. The molecule has 15 nitrogen and oxygen atoms in total. The molecule has 3 N–H and O–H groups in total. The summed E-state index contributed by atoms with van der Waals surface area (Å²) in [5.41, 5.74) is -0.136. The molecule has 15 heteroatoms. The Morgan fingerprint density at radius 3 is 2.74 bits per heavy atom. The van der Waals surface area contributed by atoms with Crippen molar-refractivity contribution in [1.29, 1.82) is 0 Å². The van der Waals surface area contributed by atoms with Gasteiger partial charge in [0.1, 0.15) is 23.4 Å². The predicted molar refractivity (Wildman–Crippen MR) is 136 cm³/mol. The van der Waals surface area contributed by atoms with Crippen LogP contribution in [-0.2, 0) is 16.6 Å². The number of amides is 2. The Kier molecular flexibility index (Phi) is 5.91. The number of fused-ring (bicyclic) bond motifs is 2. The second kappa shape index (κ2) is 9.43. The first kappa shape index (κ1) is 24.4. The molecule has 2 saturated heterocycles. The van der Waals surface area contributed by atoms with Gasteiger partial charge in [0.15, 0.2) is 23.9 Å². The summed E-state index contributed by atoms with van der Waals surface area (Å²) in [7, 11) is 1.66. The molecule has 0 bridgehead atoms. The number of carbonyl (C=O) groups excluding carboxylic acids is 2. The SMILES string of the molecule is Cn1cc(OC(=O)O)c(=O)c2ccc(N3CC(NC[C@@H]4CN(c5ccc6c(n5)NC(=O)CO6)C(=O)O4)C3)nc21. The predicted octanol–water partition coefficient (Wildman–Crippen LogP) is 0.520. The Labute approximate surface area is 219 Å². The fraction of sp³-hybridized carbons (Fsp3) is 0.333. The molecule has 202 valence electrons. The summed E-state index contributed by atoms with van der Waals surface area (Å²) in [6, 6.07) is 6.75. The second-order valence-electron chi connectivity index (χ2n) is 9.32. The Balaban J connectivity index is 1.04. The van der Waals surface area contributed by atoms with E-state index in [0.717, 1.165) is 0 Å². The molecule has 0 radical (unpaired) electrons. The van der Waals surface area contributed by atoms with Crippen LogP contribution in [0.15, 0.2) is 35.3 Å². The van der Waals surface area contributed by atoms with Crippen LogP contribution in [0.2, 0.25) is 0 Å². The van der Waals surface area contributed by atoms with Crippen LogP contribution in [0, 0.1) is 0 Å². The quantitative estimate of drug-likeness (QED) is 0.372. The lowest BCUT2D eigenvalue weighted by Gasteiger charge is -2.41. The smallest absolute Gasteiger partial charge is 0.480 e. The maximum Gasteiger partial charge on any atom is 0.511 e. The number of hydrogen-bond acceptors (Lipinski definition) is 11. The van der Waals surface area contributed by atoms with Gasteiger partial charge in [0.05, 0.1) is 18.1 Å². The van der Waals surface area contributed by atoms with E-state index in [0.29, 0.717) is 49.2 Å². The monoisotopic (exact) mass is 537 g/mol. The number of nitrogens with zero attached hydrogens (tertiary/aromatic N) is 5. The number of cyclic esters (lactones) is 1. The normalized spacial score (nSPS) is 18.7. The van der Waals surface area contributed by atoms with Gasteiger partial charge in [-0.05, 0) is 24.3 Å². The van der Waals surface area contributed by atoms with Gasteiger partial charge in [0.25, 0.3) is 5.91 Å². The van der Waals surface area contributed by atoms with Crippen molar-refractivity contribution < 1.29 is 33.7 Å². The van der Waals surface area contributed by atoms with Crippen molar-refractivity contribution in [1.82, 2.24) is 19.9 Å². The lowest BCUT2D eigenvalue weighted by molar-refractivity contribution is -0.118. The topological polar surface area (TPSA) is 177 Å². The maximum absolute atomic E-state index is 12.5. The minimum Gasteiger partial charge on any atom is -0.480 e. The highest BCUT2D eigenvalue weighted by Crippen LogP contribution is 2.30. The molecule has 3 aromatic rings. The third-order valence-electron chi connectivity index (χ3n) is 6.62. The Morgan fingerprint density at radius 2 is 1.95 bits per heavy atom. The minimum atomic E-state index is -1.56. The summed E-state index contributed by atoms with van der Waals surface area (Å²) in [6.45, 7) is 1.98. The average molecular weight is 537 g/mol. The molecule has 0 spiro atoms. The number of ether oxygens (including phenoxy) is 3. The van der Waals surface area contributed by atoms with Crippen LogP contribution < -0.4 is 35.3 Å². The van der Waals surface area contributed by atoms with Gasteiger partial charge in [-0.25, -0.2) is 19.6 Å². The molecular formula is C24H23N7O8. The van der Waals surface area contributed by atoms with Crippen LogP contribution in [0.25, 0.3) is 11.0 Å². The van der Waals surface area contributed by atoms with Gasteiger partial charge in [-0.3, -0.25) is 14.5 Å². The van der Waals surface area contributed by atoms with Crippen molar-refractivity contribution in [3.05, 3.63) is 40.7 Å². The molecular weight excluding hydrogens is 514 g/mol. The molecule has 3 aliphatic heterocycles. The zero-order valence-electron chi connectivity index (χ0n) is 20.6. The van der Waals surface area contributed by atoms with Crippen molar-refractivity contribution in [3.63, 3.8) is 0 Å². The molecule has 6 rings (SSSR count). The van der Waals surface area contributed by atoms with Gasteiger partial charge in [-0.15, -0.1) is 0 Å². The van der Waals surface area contributed by atoms with E-state index in [4.69, 9.17) is 14.6 Å². The first-order valence-corrected chi connectivity index (χ1v) is 12.1. The van der Waals surface area contributed by atoms with E-state index in [1.54, 1.807) is 35.9 Å². The lowest BCUT2D eigenvalue weighted by Crippen LogP contribution is -2.59. The van der Waals surface area contributed by atoms with E-state index >= 15 is 0 Å². The van der Waals surface area contributed by atoms with Crippen LogP contribution in [-0.4, -0.2) is 82.7 Å². The summed E-state index contributed by atoms with van der Waals surface area (Å²) in [6.07, 6.45) is -1.16. The zero-order valence-corrected chi connectivity index (χ0v) is 20.6. The number of aryl methyl sites for hydroxylation is 1. The Morgan fingerprint density at radius 1 is 1.15 bits per heavy atom. The lowest BCUT2D eigenvalue weighted by atomic mass is 10.1. The molecule has 3 aromatic heterocycles. The summed E-state index contributed by atoms with van der Waals surface area (Å²) in [4.78, 5) is 59.7. The largest absolute Gasteiger partial charge is 0.511 e. The van der Waals surface area contributed by atoms with Crippen molar-refractivity contribution in [2.45, 2.75) is 12.1 Å². The number of aromatic nitrogens is 3. The highest BCUT2D eigenvalue weighted by atomic mass is 16.7. The molecule has 0 aliphatic carbocycles. The third kappa shape index (κ3) is 4.63. The molecule has 6 heterocycles. The van der Waals surface area contributed by atoms with Crippen molar-refractivity contribution in [3.8, 4) is 11.5 Å². The van der Waals surface area contributed by atoms with Gasteiger partial charge in [-0.1, -0.05) is 0 Å². The summed E-state index contributed by atoms with van der Waals surface area (Å²) >= 11 is 0. The van der Waals surface area contributed by atoms with Gasteiger partial charge in [-0.2, -0.15) is 0 Å². The molecule has 3 aliphatic rings. The molecule has 39 heavy (non-hydrogen) atoms. The second-order valence-corrected chi connectivity index (χ2v) is 9.32. The van der Waals surface area contributed by atoms with Gasteiger partial charge >= 0.3 is 12.2 Å². The third-order valence-corrected chi connectivity index (χ3v) is 6.62. The van der Waals surface area contributed by atoms with E-state index in [2.05, 4.69) is 25.3 Å². The van der Waals surface area contributed by atoms with Gasteiger partial charge in [0, 0.05) is 32.7 Å². The molecule has 0 saturated carbocycles. The number of carboxylic acid groups (broad SMARTS) is 1. The van der Waals surface area contributed by atoms with Crippen LogP contribution in [0.3, 0.4) is 0 Å². The number of carbonyl (C=O) groups is 3. The Hall–Kier alpha value is -4.92. The zero-order chi connectivity index (χ0) is 27.3. The molecule has 1 atom stereocenters. The van der Waals surface area contributed by atoms with Crippen LogP contribution in [0.5, 0.6) is 11.5 Å². The van der Waals surface area contributed by atoms with Crippen LogP contribution >= 0.6 is 0 Å². The first-order valence-electron chi connectivity index (χ1n) is 12.1. The van der Waals surface area contributed by atoms with Crippen LogP contribution in [0.1, 0.15) is 0 Å².